The normalized spacial score (nSPS) is 21.2. The third kappa shape index (κ3) is 2.87. The summed E-state index contributed by atoms with van der Waals surface area (Å²) in [5.74, 6) is -2.99. The fourth-order valence-corrected chi connectivity index (χ4v) is 4.41. The Morgan fingerprint density at radius 1 is 1.11 bits per heavy atom. The maximum Gasteiger partial charge on any atom is 0.324 e. The topological polar surface area (TPSA) is 114 Å². The van der Waals surface area contributed by atoms with E-state index in [0.717, 1.165) is 5.39 Å². The maximum atomic E-state index is 12.0. The van der Waals surface area contributed by atoms with E-state index in [-0.39, 0.29) is 19.3 Å². The van der Waals surface area contributed by atoms with E-state index in [0.29, 0.717) is 26.6 Å². The average molecular weight is 397 g/mol. The van der Waals surface area contributed by atoms with Crippen LogP contribution < -0.4 is 5.73 Å². The van der Waals surface area contributed by atoms with Crippen molar-refractivity contribution in [2.45, 2.75) is 24.8 Å². The number of para-hydroxylation sites is 1. The average Bonchev–Trinajstić information content (AvgIpc) is 2.60. The molecule has 0 aliphatic heterocycles. The SMILES string of the molecule is NC(Cc1cccc2oc3ccccc3c(=S)c12)(C(=O)O)[C@H]1C[C@@H](C(=O)O)C1. The van der Waals surface area contributed by atoms with Crippen LogP contribution in [0.1, 0.15) is 18.4 Å². The Morgan fingerprint density at radius 3 is 2.46 bits per heavy atom. The number of rotatable bonds is 5. The van der Waals surface area contributed by atoms with Gasteiger partial charge in [0.1, 0.15) is 16.7 Å². The van der Waals surface area contributed by atoms with Crippen molar-refractivity contribution in [3.05, 3.63) is 52.5 Å². The Kier molecular flexibility index (Phi) is 4.44. The van der Waals surface area contributed by atoms with Gasteiger partial charge in [-0.2, -0.15) is 0 Å². The van der Waals surface area contributed by atoms with Gasteiger partial charge in [-0.1, -0.05) is 36.5 Å². The zero-order valence-corrected chi connectivity index (χ0v) is 15.7. The summed E-state index contributed by atoms with van der Waals surface area (Å²) in [6.45, 7) is 0. The molecule has 1 aromatic heterocycles. The van der Waals surface area contributed by atoms with Crippen LogP contribution in [0, 0.1) is 16.3 Å². The molecule has 1 aliphatic carbocycles. The van der Waals surface area contributed by atoms with E-state index in [1.165, 1.54) is 0 Å². The smallest absolute Gasteiger partial charge is 0.324 e. The van der Waals surface area contributed by atoms with Crippen molar-refractivity contribution in [1.29, 1.82) is 0 Å². The van der Waals surface area contributed by atoms with Gasteiger partial charge in [-0.15, -0.1) is 0 Å². The monoisotopic (exact) mass is 397 g/mol. The number of carbonyl (C=O) groups is 2. The molecule has 0 saturated heterocycles. The second kappa shape index (κ2) is 6.68. The number of carboxylic acid groups (broad SMARTS) is 2. The van der Waals surface area contributed by atoms with Gasteiger partial charge >= 0.3 is 11.9 Å². The first kappa shape index (κ1) is 18.6. The van der Waals surface area contributed by atoms with Gasteiger partial charge in [-0.25, -0.2) is 0 Å². The van der Waals surface area contributed by atoms with E-state index in [1.807, 2.05) is 24.3 Å². The summed E-state index contributed by atoms with van der Waals surface area (Å²) < 4.78 is 6.55. The standard InChI is InChI=1S/C21H19NO5S/c22-21(20(25)26,13-8-12(9-13)19(23)24)10-11-4-3-7-16-17(11)18(28)14-5-1-2-6-15(14)27-16/h1-7,12-13H,8-10,22H2,(H,23,24)(H,25,26)/t12-,13+,21?. The van der Waals surface area contributed by atoms with E-state index >= 15 is 0 Å². The van der Waals surface area contributed by atoms with Crippen LogP contribution in [0.2, 0.25) is 0 Å². The Balaban J connectivity index is 1.80. The summed E-state index contributed by atoms with van der Waals surface area (Å²) in [6, 6.07) is 12.8. The highest BCUT2D eigenvalue weighted by Crippen LogP contribution is 2.42. The number of fused-ring (bicyclic) bond motifs is 2. The first-order valence-electron chi connectivity index (χ1n) is 9.00. The summed E-state index contributed by atoms with van der Waals surface area (Å²) in [5, 5.41) is 20.4. The molecule has 0 spiro atoms. The Bertz CT molecular complexity index is 1160. The van der Waals surface area contributed by atoms with Gasteiger partial charge in [-0.05, 0) is 42.5 Å². The predicted molar refractivity (Wildman–Crippen MR) is 107 cm³/mol. The minimum atomic E-state index is -1.56. The second-order valence-corrected chi connectivity index (χ2v) is 7.85. The Morgan fingerprint density at radius 2 is 1.79 bits per heavy atom. The highest BCUT2D eigenvalue weighted by molar-refractivity contribution is 7.72. The summed E-state index contributed by atoms with van der Waals surface area (Å²) >= 11 is 5.67. The zero-order valence-electron chi connectivity index (χ0n) is 14.9. The molecule has 0 amide bonds. The van der Waals surface area contributed by atoms with Crippen molar-refractivity contribution in [2.75, 3.05) is 0 Å². The molecule has 1 unspecified atom stereocenters. The van der Waals surface area contributed by atoms with Gasteiger partial charge in [0.25, 0.3) is 0 Å². The predicted octanol–water partition coefficient (Wildman–Crippen LogP) is 3.75. The summed E-state index contributed by atoms with van der Waals surface area (Å²) in [6.07, 6.45) is 0.571. The van der Waals surface area contributed by atoms with Crippen LogP contribution in [0.3, 0.4) is 0 Å². The second-order valence-electron chi connectivity index (χ2n) is 7.44. The van der Waals surface area contributed by atoms with Crippen molar-refractivity contribution in [1.82, 2.24) is 0 Å². The molecule has 0 radical (unpaired) electrons. The number of hydrogen-bond acceptors (Lipinski definition) is 5. The number of aliphatic carboxylic acids is 2. The van der Waals surface area contributed by atoms with Crippen LogP contribution in [-0.4, -0.2) is 27.7 Å². The number of benzene rings is 2. The molecule has 0 bridgehead atoms. The lowest BCUT2D eigenvalue weighted by Crippen LogP contribution is -2.60. The van der Waals surface area contributed by atoms with Crippen LogP contribution in [0.4, 0.5) is 0 Å². The molecule has 1 aliphatic rings. The van der Waals surface area contributed by atoms with E-state index < -0.39 is 29.3 Å². The molecule has 6 nitrogen and oxygen atoms in total. The maximum absolute atomic E-state index is 12.0. The molecule has 4 N–H and O–H groups in total. The molecular weight excluding hydrogens is 378 g/mol. The Labute approximate surface area is 165 Å². The highest BCUT2D eigenvalue weighted by Gasteiger charge is 2.50. The van der Waals surface area contributed by atoms with Crippen molar-refractivity contribution in [2.24, 2.45) is 17.6 Å². The fourth-order valence-electron chi connectivity index (χ4n) is 4.01. The molecule has 7 heteroatoms. The molecule has 144 valence electrons. The third-order valence-electron chi connectivity index (χ3n) is 5.79. The van der Waals surface area contributed by atoms with Gasteiger partial charge in [0.15, 0.2) is 0 Å². The van der Waals surface area contributed by atoms with E-state index in [4.69, 9.17) is 27.5 Å². The van der Waals surface area contributed by atoms with Gasteiger partial charge in [0.05, 0.1) is 10.4 Å². The van der Waals surface area contributed by atoms with Crippen molar-refractivity contribution in [3.63, 3.8) is 0 Å². The van der Waals surface area contributed by atoms with Gasteiger partial charge in [-0.3, -0.25) is 9.59 Å². The number of hydrogen-bond donors (Lipinski definition) is 3. The minimum absolute atomic E-state index is 0.0498. The van der Waals surface area contributed by atoms with Gasteiger partial charge in [0, 0.05) is 17.2 Å². The Hall–Kier alpha value is -2.77. The molecule has 4 rings (SSSR count). The quantitative estimate of drug-likeness (QED) is 0.444. The lowest BCUT2D eigenvalue weighted by molar-refractivity contribution is -0.155. The van der Waals surface area contributed by atoms with Crippen LogP contribution in [-0.2, 0) is 16.0 Å². The number of carboxylic acids is 2. The van der Waals surface area contributed by atoms with Crippen LogP contribution in [0.25, 0.3) is 21.9 Å². The van der Waals surface area contributed by atoms with Crippen LogP contribution >= 0.6 is 12.2 Å². The van der Waals surface area contributed by atoms with Crippen molar-refractivity contribution >= 4 is 46.1 Å². The van der Waals surface area contributed by atoms with Crippen LogP contribution in [0.15, 0.2) is 46.9 Å². The summed E-state index contributed by atoms with van der Waals surface area (Å²) in [7, 11) is 0. The molecule has 1 fully saturated rings. The number of nitrogens with two attached hydrogens (primary N) is 1. The third-order valence-corrected chi connectivity index (χ3v) is 6.21. The molecule has 2 aromatic carbocycles. The largest absolute Gasteiger partial charge is 0.481 e. The van der Waals surface area contributed by atoms with E-state index in [9.17, 15) is 14.7 Å². The van der Waals surface area contributed by atoms with Gasteiger partial charge in [0.2, 0.25) is 0 Å². The first-order chi connectivity index (χ1) is 13.3. The van der Waals surface area contributed by atoms with Crippen molar-refractivity contribution in [3.8, 4) is 0 Å². The molecule has 1 atom stereocenters. The molecule has 1 heterocycles. The highest BCUT2D eigenvalue weighted by atomic mass is 32.1. The van der Waals surface area contributed by atoms with Crippen LogP contribution in [0.5, 0.6) is 0 Å². The van der Waals surface area contributed by atoms with E-state index in [2.05, 4.69) is 0 Å². The zero-order chi connectivity index (χ0) is 20.1. The van der Waals surface area contributed by atoms with E-state index in [1.54, 1.807) is 18.2 Å². The van der Waals surface area contributed by atoms with Crippen molar-refractivity contribution < 1.29 is 24.2 Å². The lowest BCUT2D eigenvalue weighted by atomic mass is 9.63. The molecule has 28 heavy (non-hydrogen) atoms. The summed E-state index contributed by atoms with van der Waals surface area (Å²) in [5.41, 5.74) is 6.71. The fraction of sp³-hybridized carbons (Fsp3) is 0.286. The summed E-state index contributed by atoms with van der Waals surface area (Å²) in [4.78, 5) is 23.2. The minimum Gasteiger partial charge on any atom is -0.481 e. The molecule has 3 aromatic rings. The molecular formula is C21H19NO5S. The lowest BCUT2D eigenvalue weighted by Gasteiger charge is -2.43. The first-order valence-corrected chi connectivity index (χ1v) is 9.40. The molecule has 1 saturated carbocycles. The van der Waals surface area contributed by atoms with Gasteiger partial charge < -0.3 is 20.4 Å².